The van der Waals surface area contributed by atoms with Gasteiger partial charge in [-0.3, -0.25) is 9.10 Å². The van der Waals surface area contributed by atoms with Crippen molar-refractivity contribution in [3.8, 4) is 5.75 Å². The van der Waals surface area contributed by atoms with Crippen LogP contribution in [0.2, 0.25) is 0 Å². The van der Waals surface area contributed by atoms with Crippen LogP contribution in [-0.4, -0.2) is 41.1 Å². The number of aryl methyl sites for hydroxylation is 3. The quantitative estimate of drug-likeness (QED) is 0.468. The minimum absolute atomic E-state index is 0.0546. The van der Waals surface area contributed by atoms with Crippen LogP contribution < -0.4 is 14.4 Å². The number of amides is 1. The smallest absolute Gasteiger partial charge is 0.339 e. The van der Waals surface area contributed by atoms with Crippen molar-refractivity contribution in [3.05, 3.63) is 82.9 Å². The van der Waals surface area contributed by atoms with Crippen molar-refractivity contribution in [3.63, 3.8) is 0 Å². The maximum Gasteiger partial charge on any atom is 0.339 e. The molecule has 9 heteroatoms. The second-order valence-corrected chi connectivity index (χ2v) is 9.85. The average molecular weight is 497 g/mol. The number of hydrogen-bond donors (Lipinski definition) is 1. The number of benzene rings is 3. The van der Waals surface area contributed by atoms with E-state index >= 15 is 0 Å². The van der Waals surface area contributed by atoms with Crippen LogP contribution in [0.5, 0.6) is 5.75 Å². The number of methoxy groups -OCH3 is 2. The molecule has 0 bridgehead atoms. The molecule has 0 unspecified atom stereocenters. The van der Waals surface area contributed by atoms with Crippen molar-refractivity contribution in [1.29, 1.82) is 0 Å². The third-order valence-electron chi connectivity index (χ3n) is 5.56. The Balaban J connectivity index is 2.06. The van der Waals surface area contributed by atoms with E-state index in [1.165, 1.54) is 26.4 Å². The van der Waals surface area contributed by atoms with Gasteiger partial charge >= 0.3 is 5.97 Å². The van der Waals surface area contributed by atoms with E-state index < -0.39 is 28.4 Å². The van der Waals surface area contributed by atoms with E-state index in [0.717, 1.165) is 21.0 Å². The molecule has 0 atom stereocenters. The first-order valence-electron chi connectivity index (χ1n) is 10.8. The van der Waals surface area contributed by atoms with Crippen LogP contribution in [0.25, 0.3) is 0 Å². The summed E-state index contributed by atoms with van der Waals surface area (Å²) in [4.78, 5) is 25.1. The zero-order valence-electron chi connectivity index (χ0n) is 20.3. The van der Waals surface area contributed by atoms with Crippen LogP contribution in [0.3, 0.4) is 0 Å². The maximum absolute atomic E-state index is 13.9. The van der Waals surface area contributed by atoms with E-state index in [1.807, 2.05) is 13.8 Å². The molecule has 0 aliphatic rings. The highest BCUT2D eigenvalue weighted by atomic mass is 32.2. The van der Waals surface area contributed by atoms with Crippen LogP contribution >= 0.6 is 0 Å². The molecule has 0 aromatic heterocycles. The molecule has 0 radical (unpaired) electrons. The zero-order chi connectivity index (χ0) is 25.8. The summed E-state index contributed by atoms with van der Waals surface area (Å²) >= 11 is 0. The molecule has 3 aromatic rings. The van der Waals surface area contributed by atoms with Gasteiger partial charge in [-0.05, 0) is 73.9 Å². The van der Waals surface area contributed by atoms with Gasteiger partial charge in [-0.25, -0.2) is 13.2 Å². The highest BCUT2D eigenvalue weighted by Gasteiger charge is 2.31. The molecule has 184 valence electrons. The van der Waals surface area contributed by atoms with E-state index in [4.69, 9.17) is 9.47 Å². The molecule has 3 rings (SSSR count). The normalized spacial score (nSPS) is 11.0. The molecule has 1 amide bonds. The van der Waals surface area contributed by atoms with E-state index in [2.05, 4.69) is 5.32 Å². The Morgan fingerprint density at radius 1 is 0.914 bits per heavy atom. The number of nitrogens with zero attached hydrogens (tertiary/aromatic N) is 1. The minimum atomic E-state index is -4.21. The fourth-order valence-corrected chi connectivity index (χ4v) is 5.16. The molecule has 35 heavy (non-hydrogen) atoms. The van der Waals surface area contributed by atoms with E-state index in [0.29, 0.717) is 5.69 Å². The van der Waals surface area contributed by atoms with Crippen molar-refractivity contribution < 1.29 is 27.5 Å². The Morgan fingerprint density at radius 2 is 1.63 bits per heavy atom. The van der Waals surface area contributed by atoms with Crippen molar-refractivity contribution in [1.82, 2.24) is 0 Å². The molecular weight excluding hydrogens is 468 g/mol. The highest BCUT2D eigenvalue weighted by molar-refractivity contribution is 7.93. The van der Waals surface area contributed by atoms with Gasteiger partial charge in [-0.1, -0.05) is 24.3 Å². The molecule has 0 spiro atoms. The molecule has 0 heterocycles. The van der Waals surface area contributed by atoms with Crippen molar-refractivity contribution in [2.45, 2.75) is 25.7 Å². The third-order valence-corrected chi connectivity index (χ3v) is 7.35. The molecule has 0 saturated carbocycles. The van der Waals surface area contributed by atoms with E-state index in [1.54, 1.807) is 55.5 Å². The zero-order valence-corrected chi connectivity index (χ0v) is 21.1. The number of carbonyl (C=O) groups is 2. The number of nitrogens with one attached hydrogen (secondary N) is 1. The van der Waals surface area contributed by atoms with Gasteiger partial charge in [-0.2, -0.15) is 0 Å². The molecule has 0 aliphatic heterocycles. The van der Waals surface area contributed by atoms with Crippen molar-refractivity contribution >= 4 is 33.3 Å². The van der Waals surface area contributed by atoms with Crippen LogP contribution in [0.1, 0.15) is 27.0 Å². The summed E-state index contributed by atoms with van der Waals surface area (Å²) in [6.45, 7) is 5.02. The van der Waals surface area contributed by atoms with Gasteiger partial charge in [-0.15, -0.1) is 0 Å². The SMILES string of the molecule is COC(=O)c1ccccc1NC(=O)CN(c1ccc(C)c(C)c1)S(=O)(=O)c1cc(C)ccc1OC. The highest BCUT2D eigenvalue weighted by Crippen LogP contribution is 2.32. The Bertz CT molecular complexity index is 1370. The number of hydrogen-bond acceptors (Lipinski definition) is 6. The second kappa shape index (κ2) is 10.6. The van der Waals surface area contributed by atoms with Crippen LogP contribution in [-0.2, 0) is 19.6 Å². The molecule has 0 fully saturated rings. The standard InChI is InChI=1S/C26H28N2O6S/c1-17-10-13-23(33-4)24(14-17)35(31,32)28(20-12-11-18(2)19(3)15-20)16-25(29)27-22-9-7-6-8-21(22)26(30)34-5/h6-15H,16H2,1-5H3,(H,27,29). The van der Waals surface area contributed by atoms with Gasteiger partial charge in [0.25, 0.3) is 10.0 Å². The predicted octanol–water partition coefficient (Wildman–Crippen LogP) is 4.24. The van der Waals surface area contributed by atoms with Gasteiger partial charge in [0.05, 0.1) is 31.2 Å². The van der Waals surface area contributed by atoms with Gasteiger partial charge < -0.3 is 14.8 Å². The first kappa shape index (κ1) is 25.8. The lowest BCUT2D eigenvalue weighted by Gasteiger charge is -2.26. The molecule has 0 saturated heterocycles. The maximum atomic E-state index is 13.9. The Labute approximate surface area is 205 Å². The predicted molar refractivity (Wildman–Crippen MR) is 135 cm³/mol. The van der Waals surface area contributed by atoms with Crippen molar-refractivity contribution in [2.75, 3.05) is 30.4 Å². The number of rotatable bonds is 8. The van der Waals surface area contributed by atoms with Gasteiger partial charge in [0.2, 0.25) is 5.91 Å². The Morgan fingerprint density at radius 3 is 2.29 bits per heavy atom. The van der Waals surface area contributed by atoms with Gasteiger partial charge in [0.15, 0.2) is 0 Å². The summed E-state index contributed by atoms with van der Waals surface area (Å²) in [6, 6.07) is 16.3. The summed E-state index contributed by atoms with van der Waals surface area (Å²) in [5, 5.41) is 2.64. The average Bonchev–Trinajstić information content (AvgIpc) is 2.84. The summed E-state index contributed by atoms with van der Waals surface area (Å²) < 4.78 is 38.8. The first-order valence-corrected chi connectivity index (χ1v) is 12.2. The monoisotopic (exact) mass is 496 g/mol. The largest absolute Gasteiger partial charge is 0.495 e. The molecule has 3 aromatic carbocycles. The number of esters is 1. The fourth-order valence-electron chi connectivity index (χ4n) is 3.50. The molecule has 8 nitrogen and oxygen atoms in total. The summed E-state index contributed by atoms with van der Waals surface area (Å²) in [7, 11) is -1.58. The summed E-state index contributed by atoms with van der Waals surface area (Å²) in [5.41, 5.74) is 3.28. The lowest BCUT2D eigenvalue weighted by atomic mass is 10.1. The minimum Gasteiger partial charge on any atom is -0.495 e. The van der Waals surface area contributed by atoms with E-state index in [9.17, 15) is 18.0 Å². The fraction of sp³-hybridized carbons (Fsp3) is 0.231. The van der Waals surface area contributed by atoms with Crippen molar-refractivity contribution in [2.24, 2.45) is 0 Å². The number of ether oxygens (including phenoxy) is 2. The molecule has 1 N–H and O–H groups in total. The third kappa shape index (κ3) is 5.63. The lowest BCUT2D eigenvalue weighted by molar-refractivity contribution is -0.114. The molecule has 0 aliphatic carbocycles. The number of sulfonamides is 1. The second-order valence-electron chi connectivity index (χ2n) is 8.02. The van der Waals surface area contributed by atoms with Crippen LogP contribution in [0, 0.1) is 20.8 Å². The first-order chi connectivity index (χ1) is 16.6. The van der Waals surface area contributed by atoms with E-state index in [-0.39, 0.29) is 21.9 Å². The number of para-hydroxylation sites is 1. The number of anilines is 2. The lowest BCUT2D eigenvalue weighted by Crippen LogP contribution is -2.38. The molecular formula is C26H28N2O6S. The topological polar surface area (TPSA) is 102 Å². The Kier molecular flexibility index (Phi) is 7.81. The van der Waals surface area contributed by atoms with Crippen LogP contribution in [0.4, 0.5) is 11.4 Å². The summed E-state index contributed by atoms with van der Waals surface area (Å²) in [5.74, 6) is -1.08. The van der Waals surface area contributed by atoms with Gasteiger partial charge in [0.1, 0.15) is 17.2 Å². The Hall–Kier alpha value is -3.85. The van der Waals surface area contributed by atoms with Crippen LogP contribution in [0.15, 0.2) is 65.6 Å². The summed E-state index contributed by atoms with van der Waals surface area (Å²) in [6.07, 6.45) is 0. The van der Waals surface area contributed by atoms with Gasteiger partial charge in [0, 0.05) is 0 Å². The number of carbonyl (C=O) groups excluding carboxylic acids is 2.